The molecule has 1 aliphatic heterocycles. The van der Waals surface area contributed by atoms with Crippen molar-refractivity contribution in [3.63, 3.8) is 0 Å². The van der Waals surface area contributed by atoms with Gasteiger partial charge in [0, 0.05) is 18.8 Å². The molecular weight excluding hydrogens is 311 g/mol. The summed E-state index contributed by atoms with van der Waals surface area (Å²) in [6.07, 6.45) is 6.50. The summed E-state index contributed by atoms with van der Waals surface area (Å²) in [7, 11) is 0. The number of rotatable bonds is 4. The Balaban J connectivity index is 1.74. The Morgan fingerprint density at radius 3 is 2.88 bits per heavy atom. The fourth-order valence-corrected chi connectivity index (χ4v) is 2.88. The van der Waals surface area contributed by atoms with Gasteiger partial charge in [-0.05, 0) is 31.0 Å². The zero-order valence-corrected chi connectivity index (χ0v) is 12.8. The van der Waals surface area contributed by atoms with Gasteiger partial charge in [0.25, 0.3) is 5.78 Å². The van der Waals surface area contributed by atoms with Gasteiger partial charge in [-0.25, -0.2) is 13.9 Å². The number of anilines is 2. The molecule has 0 spiro atoms. The van der Waals surface area contributed by atoms with Crippen LogP contribution in [0, 0.1) is 5.82 Å². The first-order chi connectivity index (χ1) is 11.7. The summed E-state index contributed by atoms with van der Waals surface area (Å²) in [5.74, 6) is 0.177. The summed E-state index contributed by atoms with van der Waals surface area (Å²) in [5, 5.41) is 6.83. The molecule has 1 amide bonds. The molecule has 0 unspecified atom stereocenters. The molecule has 3 aromatic rings. The van der Waals surface area contributed by atoms with Crippen molar-refractivity contribution in [2.24, 2.45) is 0 Å². The molecule has 4 rings (SSSR count). The third kappa shape index (κ3) is 2.55. The molecule has 0 radical (unpaired) electrons. The largest absolute Gasteiger partial charge is 0.369 e. The summed E-state index contributed by atoms with van der Waals surface area (Å²) < 4.78 is 15.7. The van der Waals surface area contributed by atoms with E-state index in [9.17, 15) is 9.18 Å². The molecular formula is C16H15FN6O. The van der Waals surface area contributed by atoms with E-state index >= 15 is 0 Å². The average Bonchev–Trinajstić information content (AvgIpc) is 3.25. The minimum absolute atomic E-state index is 0.218. The maximum absolute atomic E-state index is 14.1. The molecule has 1 aromatic carbocycles. The molecule has 1 aliphatic rings. The highest BCUT2D eigenvalue weighted by atomic mass is 19.1. The van der Waals surface area contributed by atoms with Gasteiger partial charge >= 0.3 is 0 Å². The van der Waals surface area contributed by atoms with E-state index in [1.807, 2.05) is 6.20 Å². The molecule has 0 bridgehead atoms. The number of benzene rings is 1. The molecule has 7 nitrogen and oxygen atoms in total. The third-order valence-corrected chi connectivity index (χ3v) is 4.08. The second-order valence-electron chi connectivity index (χ2n) is 5.64. The second-order valence-corrected chi connectivity index (χ2v) is 5.64. The van der Waals surface area contributed by atoms with Gasteiger partial charge in [0.15, 0.2) is 5.82 Å². The minimum Gasteiger partial charge on any atom is -0.369 e. The first-order valence-corrected chi connectivity index (χ1v) is 7.72. The van der Waals surface area contributed by atoms with E-state index in [4.69, 9.17) is 0 Å². The number of carbonyl (C=O) groups excluding carboxylic acids is 1. The molecule has 3 heterocycles. The van der Waals surface area contributed by atoms with E-state index in [2.05, 4.69) is 25.3 Å². The highest BCUT2D eigenvalue weighted by molar-refractivity contribution is 5.74. The Kier molecular flexibility index (Phi) is 3.56. The SMILES string of the molecule is O=CNc1ccc(F)c(-c2nc3ncc(N4CCCC4)cn3n2)c1. The number of nitrogens with one attached hydrogen (secondary N) is 1. The maximum atomic E-state index is 14.1. The van der Waals surface area contributed by atoms with Crippen molar-refractivity contribution in [2.75, 3.05) is 23.3 Å². The van der Waals surface area contributed by atoms with E-state index in [1.165, 1.54) is 31.0 Å². The van der Waals surface area contributed by atoms with Gasteiger partial charge in [-0.15, -0.1) is 5.10 Å². The Hall–Kier alpha value is -3.03. The van der Waals surface area contributed by atoms with E-state index in [0.717, 1.165) is 18.8 Å². The normalized spacial score (nSPS) is 14.3. The number of carbonyl (C=O) groups is 1. The zero-order valence-electron chi connectivity index (χ0n) is 12.8. The fourth-order valence-electron chi connectivity index (χ4n) is 2.88. The molecule has 1 N–H and O–H groups in total. The molecule has 2 aromatic heterocycles. The van der Waals surface area contributed by atoms with Gasteiger partial charge < -0.3 is 10.2 Å². The summed E-state index contributed by atoms with van der Waals surface area (Å²) in [6, 6.07) is 4.25. The van der Waals surface area contributed by atoms with Gasteiger partial charge in [-0.3, -0.25) is 4.79 Å². The number of halogens is 1. The van der Waals surface area contributed by atoms with Crippen LogP contribution in [0.25, 0.3) is 17.2 Å². The van der Waals surface area contributed by atoms with Gasteiger partial charge in [-0.1, -0.05) is 0 Å². The van der Waals surface area contributed by atoms with Crippen molar-refractivity contribution in [2.45, 2.75) is 12.8 Å². The number of nitrogens with zero attached hydrogens (tertiary/aromatic N) is 5. The fraction of sp³-hybridized carbons (Fsp3) is 0.250. The summed E-state index contributed by atoms with van der Waals surface area (Å²) in [4.78, 5) is 21.4. The lowest BCUT2D eigenvalue weighted by Crippen LogP contribution is -2.18. The Labute approximate surface area is 137 Å². The lowest BCUT2D eigenvalue weighted by molar-refractivity contribution is -0.105. The van der Waals surface area contributed by atoms with Crippen LogP contribution in [0.4, 0.5) is 15.8 Å². The minimum atomic E-state index is -0.456. The number of hydrogen-bond acceptors (Lipinski definition) is 5. The molecule has 1 fully saturated rings. The number of fused-ring (bicyclic) bond motifs is 1. The average molecular weight is 326 g/mol. The van der Waals surface area contributed by atoms with Crippen molar-refractivity contribution in [3.8, 4) is 11.4 Å². The van der Waals surface area contributed by atoms with E-state index in [0.29, 0.717) is 17.9 Å². The Morgan fingerprint density at radius 1 is 1.25 bits per heavy atom. The number of aromatic nitrogens is 4. The molecule has 24 heavy (non-hydrogen) atoms. The van der Waals surface area contributed by atoms with Crippen LogP contribution in [-0.4, -0.2) is 39.1 Å². The second kappa shape index (κ2) is 5.88. The van der Waals surface area contributed by atoms with Crippen LogP contribution in [0.1, 0.15) is 12.8 Å². The predicted octanol–water partition coefficient (Wildman–Crippen LogP) is 2.10. The monoisotopic (exact) mass is 326 g/mol. The van der Waals surface area contributed by atoms with E-state index in [1.54, 1.807) is 10.7 Å². The highest BCUT2D eigenvalue weighted by Crippen LogP contribution is 2.24. The topological polar surface area (TPSA) is 75.4 Å². The van der Waals surface area contributed by atoms with Gasteiger partial charge in [0.1, 0.15) is 5.82 Å². The molecule has 0 atom stereocenters. The Morgan fingerprint density at radius 2 is 2.08 bits per heavy atom. The van der Waals surface area contributed by atoms with Gasteiger partial charge in [0.05, 0.1) is 23.6 Å². The summed E-state index contributed by atoms with van der Waals surface area (Å²) in [5.41, 5.74) is 1.68. The van der Waals surface area contributed by atoms with Crippen molar-refractivity contribution in [1.82, 2.24) is 19.6 Å². The predicted molar refractivity (Wildman–Crippen MR) is 87.3 cm³/mol. The standard InChI is InChI=1S/C16H15FN6O/c17-14-4-3-11(19-10-24)7-13(14)15-20-16-18-8-12(9-23(16)21-15)22-5-1-2-6-22/h3-4,7-10H,1-2,5-6H2,(H,19,24). The van der Waals surface area contributed by atoms with Gasteiger partial charge in [-0.2, -0.15) is 4.98 Å². The summed E-state index contributed by atoms with van der Waals surface area (Å²) in [6.45, 7) is 2.01. The number of hydrogen-bond donors (Lipinski definition) is 1. The highest BCUT2D eigenvalue weighted by Gasteiger charge is 2.16. The van der Waals surface area contributed by atoms with Crippen LogP contribution in [0.15, 0.2) is 30.6 Å². The van der Waals surface area contributed by atoms with Crippen LogP contribution in [0.5, 0.6) is 0 Å². The lowest BCUT2D eigenvalue weighted by Gasteiger charge is -2.16. The molecule has 122 valence electrons. The van der Waals surface area contributed by atoms with E-state index < -0.39 is 5.82 Å². The molecule has 8 heteroatoms. The molecule has 0 aliphatic carbocycles. The van der Waals surface area contributed by atoms with Crippen LogP contribution in [-0.2, 0) is 4.79 Å². The zero-order chi connectivity index (χ0) is 16.5. The molecule has 1 saturated heterocycles. The quantitative estimate of drug-likeness (QED) is 0.743. The smallest absolute Gasteiger partial charge is 0.252 e. The maximum Gasteiger partial charge on any atom is 0.252 e. The third-order valence-electron chi connectivity index (χ3n) is 4.08. The molecule has 0 saturated carbocycles. The Bertz CT molecular complexity index is 903. The first kappa shape index (κ1) is 14.6. The summed E-state index contributed by atoms with van der Waals surface area (Å²) >= 11 is 0. The first-order valence-electron chi connectivity index (χ1n) is 7.72. The van der Waals surface area contributed by atoms with Crippen molar-refractivity contribution in [3.05, 3.63) is 36.4 Å². The lowest BCUT2D eigenvalue weighted by atomic mass is 10.2. The van der Waals surface area contributed by atoms with Gasteiger partial charge in [0.2, 0.25) is 6.41 Å². The van der Waals surface area contributed by atoms with Crippen LogP contribution in [0.3, 0.4) is 0 Å². The number of amides is 1. The van der Waals surface area contributed by atoms with Crippen molar-refractivity contribution >= 4 is 23.6 Å². The van der Waals surface area contributed by atoms with E-state index in [-0.39, 0.29) is 11.4 Å². The van der Waals surface area contributed by atoms with Crippen molar-refractivity contribution in [1.29, 1.82) is 0 Å². The van der Waals surface area contributed by atoms with Crippen LogP contribution >= 0.6 is 0 Å². The van der Waals surface area contributed by atoms with Crippen LogP contribution in [0.2, 0.25) is 0 Å². The van der Waals surface area contributed by atoms with Crippen LogP contribution < -0.4 is 10.2 Å². The van der Waals surface area contributed by atoms with Crippen molar-refractivity contribution < 1.29 is 9.18 Å².